The van der Waals surface area contributed by atoms with Crippen LogP contribution >= 0.6 is 0 Å². The Bertz CT molecular complexity index is 1270. The van der Waals surface area contributed by atoms with Gasteiger partial charge >= 0.3 is 0 Å². The number of ether oxygens (including phenoxy) is 1. The molecule has 0 aliphatic heterocycles. The van der Waals surface area contributed by atoms with Crippen LogP contribution in [0.25, 0.3) is 28.1 Å². The van der Waals surface area contributed by atoms with Crippen molar-refractivity contribution in [2.24, 2.45) is 0 Å². The third-order valence-electron chi connectivity index (χ3n) is 4.66. The molecule has 0 bridgehead atoms. The molecule has 1 atom stereocenters. The minimum atomic E-state index is -1.34. The molecule has 0 amide bonds. The first-order chi connectivity index (χ1) is 13.7. The molecule has 4 aromatic rings. The lowest BCUT2D eigenvalue weighted by Gasteiger charge is -2.18. The number of halogens is 1. The highest BCUT2D eigenvalue weighted by atomic mass is 19.1. The summed E-state index contributed by atoms with van der Waals surface area (Å²) < 4.78 is 27.9. The molecule has 0 spiro atoms. The zero-order valence-corrected chi connectivity index (χ0v) is 16.4. The number of fused-ring (bicyclic) bond motifs is 3. The molecule has 0 aliphatic carbocycles. The average molecular weight is 401 g/mol. The Morgan fingerprint density at radius 3 is 2.76 bits per heavy atom. The van der Waals surface area contributed by atoms with Crippen LogP contribution in [0.1, 0.15) is 32.7 Å². The number of para-hydroxylation sites is 1. The first-order valence-corrected chi connectivity index (χ1v) is 8.99. The third-order valence-corrected chi connectivity index (χ3v) is 4.66. The predicted molar refractivity (Wildman–Crippen MR) is 102 cm³/mol. The fraction of sp³-hybridized carbons (Fsp3) is 0.368. The van der Waals surface area contributed by atoms with Gasteiger partial charge in [-0.25, -0.2) is 9.37 Å². The molecular formula is C19H20FN5O4. The molecule has 0 saturated carbocycles. The summed E-state index contributed by atoms with van der Waals surface area (Å²) >= 11 is 0. The Morgan fingerprint density at radius 2 is 2.10 bits per heavy atom. The number of imidazole rings is 1. The summed E-state index contributed by atoms with van der Waals surface area (Å²) in [5.74, 6) is -0.472. The molecule has 0 radical (unpaired) electrons. The van der Waals surface area contributed by atoms with Crippen LogP contribution in [0, 0.1) is 5.82 Å². The van der Waals surface area contributed by atoms with Crippen LogP contribution < -0.4 is 5.56 Å². The number of aromatic nitrogens is 5. The highest BCUT2D eigenvalue weighted by molar-refractivity contribution is 5.84. The topological polar surface area (TPSA) is 108 Å². The van der Waals surface area contributed by atoms with Gasteiger partial charge < -0.3 is 14.4 Å². The smallest absolute Gasteiger partial charge is 0.278 e. The maximum atomic E-state index is 14.7. The van der Waals surface area contributed by atoms with Gasteiger partial charge in [-0.05, 0) is 32.9 Å². The Kier molecular flexibility index (Phi) is 4.47. The molecular weight excluding hydrogens is 381 g/mol. The lowest BCUT2D eigenvalue weighted by molar-refractivity contribution is 0.0420. The molecule has 1 N–H and O–H groups in total. The third kappa shape index (κ3) is 3.00. The van der Waals surface area contributed by atoms with Crippen molar-refractivity contribution in [3.8, 4) is 11.5 Å². The van der Waals surface area contributed by atoms with E-state index in [9.17, 15) is 14.3 Å². The van der Waals surface area contributed by atoms with Gasteiger partial charge in [-0.15, -0.1) is 0 Å². The maximum Gasteiger partial charge on any atom is 0.278 e. The molecule has 0 aliphatic rings. The fourth-order valence-electron chi connectivity index (χ4n) is 3.36. The number of nitrogens with zero attached hydrogens (tertiary/aromatic N) is 5. The Labute approximate surface area is 164 Å². The first-order valence-electron chi connectivity index (χ1n) is 8.99. The monoisotopic (exact) mass is 401 g/mol. The normalized spacial score (nSPS) is 13.4. The van der Waals surface area contributed by atoms with Gasteiger partial charge in [0, 0.05) is 7.11 Å². The standard InChI is InChI=1S/C19H20FN5O4/c1-10(8-28-4)25-14-11(20)6-5-7-12(14)24-9-21-13(15(24)17(25)26)16-22-18(29-23-16)19(2,3)27/h5-7,9-10,27H,8H2,1-4H3. The summed E-state index contributed by atoms with van der Waals surface area (Å²) in [5, 5.41) is 13.9. The quantitative estimate of drug-likeness (QED) is 0.546. The van der Waals surface area contributed by atoms with Crippen molar-refractivity contribution in [1.29, 1.82) is 0 Å². The van der Waals surface area contributed by atoms with E-state index >= 15 is 0 Å². The Morgan fingerprint density at radius 1 is 1.34 bits per heavy atom. The van der Waals surface area contributed by atoms with Gasteiger partial charge in [0.2, 0.25) is 5.82 Å². The Hall–Kier alpha value is -3.11. The lowest BCUT2D eigenvalue weighted by atomic mass is 10.1. The van der Waals surface area contributed by atoms with E-state index < -0.39 is 23.0 Å². The van der Waals surface area contributed by atoms with Crippen LogP contribution in [0.15, 0.2) is 33.8 Å². The van der Waals surface area contributed by atoms with Crippen molar-refractivity contribution in [3.63, 3.8) is 0 Å². The predicted octanol–water partition coefficient (Wildman–Crippen LogP) is 2.27. The fourth-order valence-corrected chi connectivity index (χ4v) is 3.36. The summed E-state index contributed by atoms with van der Waals surface area (Å²) in [4.78, 5) is 21.9. The van der Waals surface area contributed by atoms with E-state index in [0.29, 0.717) is 5.52 Å². The molecule has 1 unspecified atom stereocenters. The zero-order chi connectivity index (χ0) is 20.9. The lowest BCUT2D eigenvalue weighted by Crippen LogP contribution is -2.28. The maximum absolute atomic E-state index is 14.7. The van der Waals surface area contributed by atoms with E-state index in [-0.39, 0.29) is 35.0 Å². The van der Waals surface area contributed by atoms with Crippen molar-refractivity contribution < 1.29 is 18.8 Å². The number of aliphatic hydroxyl groups is 1. The van der Waals surface area contributed by atoms with Crippen molar-refractivity contribution in [1.82, 2.24) is 24.1 Å². The molecule has 0 saturated heterocycles. The van der Waals surface area contributed by atoms with E-state index in [2.05, 4.69) is 15.1 Å². The van der Waals surface area contributed by atoms with Gasteiger partial charge in [0.15, 0.2) is 0 Å². The minimum Gasteiger partial charge on any atom is -0.383 e. The minimum absolute atomic E-state index is 0.00596. The number of benzene rings is 1. The van der Waals surface area contributed by atoms with Crippen molar-refractivity contribution in [2.45, 2.75) is 32.4 Å². The van der Waals surface area contributed by atoms with E-state index in [4.69, 9.17) is 9.26 Å². The van der Waals surface area contributed by atoms with E-state index in [1.165, 1.54) is 42.3 Å². The van der Waals surface area contributed by atoms with E-state index in [0.717, 1.165) is 0 Å². The highest BCUT2D eigenvalue weighted by Crippen LogP contribution is 2.27. The molecule has 10 heteroatoms. The van der Waals surface area contributed by atoms with Crippen LogP contribution in [0.2, 0.25) is 0 Å². The van der Waals surface area contributed by atoms with Crippen molar-refractivity contribution in [3.05, 3.63) is 46.6 Å². The second-order valence-electron chi connectivity index (χ2n) is 7.38. The van der Waals surface area contributed by atoms with Crippen molar-refractivity contribution >= 4 is 16.6 Å². The van der Waals surface area contributed by atoms with Crippen LogP contribution in [-0.4, -0.2) is 42.9 Å². The molecule has 0 fully saturated rings. The molecule has 29 heavy (non-hydrogen) atoms. The first kappa shape index (κ1) is 19.2. The van der Waals surface area contributed by atoms with E-state index in [1.807, 2.05) is 0 Å². The largest absolute Gasteiger partial charge is 0.383 e. The number of hydrogen-bond donors (Lipinski definition) is 1. The molecule has 3 heterocycles. The summed E-state index contributed by atoms with van der Waals surface area (Å²) in [6.07, 6.45) is 1.42. The molecule has 1 aromatic carbocycles. The van der Waals surface area contributed by atoms with Gasteiger partial charge in [-0.1, -0.05) is 11.2 Å². The van der Waals surface area contributed by atoms with Crippen LogP contribution in [-0.2, 0) is 10.3 Å². The second-order valence-corrected chi connectivity index (χ2v) is 7.38. The van der Waals surface area contributed by atoms with E-state index in [1.54, 1.807) is 19.1 Å². The molecule has 152 valence electrons. The SMILES string of the molecule is COCC(C)n1c(=O)c2c(-c3noc(C(C)(C)O)n3)ncn2c2cccc(F)c21. The zero-order valence-electron chi connectivity index (χ0n) is 16.4. The van der Waals surface area contributed by atoms with Gasteiger partial charge in [-0.2, -0.15) is 4.98 Å². The van der Waals surface area contributed by atoms with Crippen LogP contribution in [0.5, 0.6) is 0 Å². The van der Waals surface area contributed by atoms with Gasteiger partial charge in [0.1, 0.15) is 34.5 Å². The summed E-state index contributed by atoms with van der Waals surface area (Å²) in [5.41, 5.74) is -0.831. The highest BCUT2D eigenvalue weighted by Gasteiger charge is 2.27. The van der Waals surface area contributed by atoms with Gasteiger partial charge in [0.05, 0.1) is 18.2 Å². The summed E-state index contributed by atoms with van der Waals surface area (Å²) in [6, 6.07) is 4.13. The van der Waals surface area contributed by atoms with Gasteiger partial charge in [0.25, 0.3) is 11.4 Å². The van der Waals surface area contributed by atoms with Crippen molar-refractivity contribution in [2.75, 3.05) is 13.7 Å². The Balaban J connectivity index is 2.07. The van der Waals surface area contributed by atoms with Crippen LogP contribution in [0.3, 0.4) is 0 Å². The molecule has 3 aromatic heterocycles. The summed E-state index contributed by atoms with van der Waals surface area (Å²) in [6.45, 7) is 4.99. The molecule has 9 nitrogen and oxygen atoms in total. The number of hydrogen-bond acceptors (Lipinski definition) is 7. The second kappa shape index (κ2) is 6.75. The van der Waals surface area contributed by atoms with Gasteiger partial charge in [-0.3, -0.25) is 13.8 Å². The van der Waals surface area contributed by atoms with Crippen LogP contribution in [0.4, 0.5) is 4.39 Å². The number of methoxy groups -OCH3 is 1. The summed E-state index contributed by atoms with van der Waals surface area (Å²) in [7, 11) is 1.51. The number of rotatable bonds is 5. The molecule has 4 rings (SSSR count). The average Bonchev–Trinajstić information content (AvgIpc) is 3.29.